The van der Waals surface area contributed by atoms with Gasteiger partial charge in [0, 0.05) is 11.6 Å². The summed E-state index contributed by atoms with van der Waals surface area (Å²) in [5, 5.41) is 21.1. The first kappa shape index (κ1) is 11.5. The molecule has 6 heteroatoms. The number of hydrogen-bond donors (Lipinski definition) is 3. The predicted molar refractivity (Wildman–Crippen MR) is 54.2 cm³/mol. The zero-order valence-electron chi connectivity index (χ0n) is 7.64. The van der Waals surface area contributed by atoms with E-state index in [-0.39, 0.29) is 36.6 Å². The summed E-state index contributed by atoms with van der Waals surface area (Å²) in [6.07, 6.45) is -0.498. The summed E-state index contributed by atoms with van der Waals surface area (Å²) in [5.41, 5.74) is 0.536. The molecule has 0 radical (unpaired) electrons. The molecule has 1 saturated heterocycles. The molecule has 15 heavy (non-hydrogen) atoms. The van der Waals surface area contributed by atoms with Gasteiger partial charge in [-0.2, -0.15) is 0 Å². The van der Waals surface area contributed by atoms with E-state index in [4.69, 9.17) is 5.11 Å². The molecule has 0 aliphatic carbocycles. The van der Waals surface area contributed by atoms with Gasteiger partial charge in [-0.15, -0.1) is 12.4 Å². The second-order valence-electron chi connectivity index (χ2n) is 3.04. The van der Waals surface area contributed by atoms with Crippen molar-refractivity contribution >= 4 is 18.5 Å². The smallest absolute Gasteiger partial charge is 0.407 e. The van der Waals surface area contributed by atoms with Gasteiger partial charge in [0.2, 0.25) is 0 Å². The van der Waals surface area contributed by atoms with Crippen LogP contribution in [0.3, 0.4) is 0 Å². The van der Waals surface area contributed by atoms with Crippen LogP contribution in [0.15, 0.2) is 18.2 Å². The minimum Gasteiger partial charge on any atom is -0.508 e. The first-order valence-corrected chi connectivity index (χ1v) is 4.12. The lowest BCUT2D eigenvalue weighted by atomic mass is 10.1. The number of ether oxygens (including phenoxy) is 1. The molecule has 0 spiro atoms. The van der Waals surface area contributed by atoms with Gasteiger partial charge in [-0.25, -0.2) is 4.79 Å². The van der Waals surface area contributed by atoms with Gasteiger partial charge >= 0.3 is 6.09 Å². The number of phenols is 2. The van der Waals surface area contributed by atoms with Crippen LogP contribution < -0.4 is 5.32 Å². The molecule has 1 aromatic carbocycles. The Labute approximate surface area is 92.1 Å². The lowest BCUT2D eigenvalue weighted by Crippen LogP contribution is -2.18. The van der Waals surface area contributed by atoms with E-state index in [2.05, 4.69) is 10.1 Å². The number of phenolic OH excluding ortho intramolecular Hbond substituents is 2. The van der Waals surface area contributed by atoms with Crippen molar-refractivity contribution in [2.24, 2.45) is 0 Å². The van der Waals surface area contributed by atoms with Crippen LogP contribution >= 0.6 is 12.4 Å². The minimum absolute atomic E-state index is 0. The molecule has 0 unspecified atom stereocenters. The Kier molecular flexibility index (Phi) is 3.26. The van der Waals surface area contributed by atoms with E-state index in [0.717, 1.165) is 0 Å². The fourth-order valence-electron chi connectivity index (χ4n) is 1.38. The van der Waals surface area contributed by atoms with Gasteiger partial charge in [-0.3, -0.25) is 0 Å². The van der Waals surface area contributed by atoms with Crippen LogP contribution in [0.4, 0.5) is 4.79 Å². The molecule has 82 valence electrons. The fourth-order valence-corrected chi connectivity index (χ4v) is 1.38. The number of halogens is 1. The van der Waals surface area contributed by atoms with Crippen molar-refractivity contribution in [3.63, 3.8) is 0 Å². The largest absolute Gasteiger partial charge is 0.508 e. The maximum atomic E-state index is 10.7. The molecule has 1 aromatic rings. The number of nitrogens with one attached hydrogen (secondary N) is 1. The van der Waals surface area contributed by atoms with E-state index in [1.807, 2.05) is 0 Å². The highest BCUT2D eigenvalue weighted by atomic mass is 35.5. The second kappa shape index (κ2) is 4.27. The number of aromatic hydroxyl groups is 2. The molecule has 1 heterocycles. The Morgan fingerprint density at radius 1 is 1.40 bits per heavy atom. The molecule has 1 amide bonds. The maximum absolute atomic E-state index is 10.7. The van der Waals surface area contributed by atoms with Crippen molar-refractivity contribution in [3.05, 3.63) is 23.8 Å². The Morgan fingerprint density at radius 3 is 2.67 bits per heavy atom. The monoisotopic (exact) mass is 231 g/mol. The highest BCUT2D eigenvalue weighted by Crippen LogP contribution is 2.29. The molecular weight excluding hydrogens is 222 g/mol. The lowest BCUT2D eigenvalue weighted by molar-refractivity contribution is 0.176. The quantitative estimate of drug-likeness (QED) is 0.681. The molecule has 1 aliphatic heterocycles. The molecule has 0 saturated carbocycles. The molecule has 0 aromatic heterocycles. The Bertz CT molecular complexity index is 382. The van der Waals surface area contributed by atoms with Gasteiger partial charge in [-0.05, 0) is 12.1 Å². The molecule has 1 aliphatic rings. The van der Waals surface area contributed by atoms with Crippen molar-refractivity contribution in [3.8, 4) is 11.5 Å². The highest BCUT2D eigenvalue weighted by Gasteiger charge is 2.25. The maximum Gasteiger partial charge on any atom is 0.407 e. The van der Waals surface area contributed by atoms with Gasteiger partial charge in [0.1, 0.15) is 18.1 Å². The van der Waals surface area contributed by atoms with Crippen LogP contribution in [-0.2, 0) is 4.74 Å². The van der Waals surface area contributed by atoms with Crippen LogP contribution in [0.1, 0.15) is 11.6 Å². The van der Waals surface area contributed by atoms with Gasteiger partial charge in [-0.1, -0.05) is 0 Å². The average molecular weight is 232 g/mol. The summed E-state index contributed by atoms with van der Waals surface area (Å²) in [7, 11) is 0. The van der Waals surface area contributed by atoms with Gasteiger partial charge in [0.15, 0.2) is 0 Å². The van der Waals surface area contributed by atoms with Crippen LogP contribution in [0.25, 0.3) is 0 Å². The first-order chi connectivity index (χ1) is 6.66. The lowest BCUT2D eigenvalue weighted by Gasteiger charge is -2.09. The summed E-state index contributed by atoms with van der Waals surface area (Å²) in [6.45, 7) is 0.192. The van der Waals surface area contributed by atoms with Crippen molar-refractivity contribution in [1.82, 2.24) is 5.32 Å². The van der Waals surface area contributed by atoms with Crippen molar-refractivity contribution in [2.75, 3.05) is 6.61 Å². The summed E-state index contributed by atoms with van der Waals surface area (Å²) >= 11 is 0. The van der Waals surface area contributed by atoms with Crippen LogP contribution in [0.2, 0.25) is 0 Å². The molecule has 3 N–H and O–H groups in total. The SMILES string of the molecule is Cl.O=C1N[C@H](c2ccc(O)cc2O)CO1. The Morgan fingerprint density at radius 2 is 2.13 bits per heavy atom. The number of benzene rings is 1. The molecule has 1 atom stereocenters. The summed E-state index contributed by atoms with van der Waals surface area (Å²) in [5.74, 6) is -0.0720. The Balaban J connectivity index is 0.00000112. The summed E-state index contributed by atoms with van der Waals surface area (Å²) in [6, 6.07) is 3.87. The molecule has 0 bridgehead atoms. The minimum atomic E-state index is -0.498. The fraction of sp³-hybridized carbons (Fsp3) is 0.222. The number of cyclic esters (lactones) is 1. The molecule has 2 rings (SSSR count). The van der Waals surface area contributed by atoms with Crippen LogP contribution in [-0.4, -0.2) is 22.9 Å². The van der Waals surface area contributed by atoms with Gasteiger partial charge in [0.05, 0.1) is 6.04 Å². The summed E-state index contributed by atoms with van der Waals surface area (Å²) in [4.78, 5) is 10.7. The van der Waals surface area contributed by atoms with E-state index in [1.54, 1.807) is 6.07 Å². The van der Waals surface area contributed by atoms with E-state index < -0.39 is 6.09 Å². The average Bonchev–Trinajstić information content (AvgIpc) is 2.51. The van der Waals surface area contributed by atoms with E-state index in [1.165, 1.54) is 12.1 Å². The van der Waals surface area contributed by atoms with Gasteiger partial charge < -0.3 is 20.3 Å². The zero-order valence-corrected chi connectivity index (χ0v) is 8.45. The molecular formula is C9H10ClNO4. The highest BCUT2D eigenvalue weighted by molar-refractivity contribution is 5.85. The molecule has 5 nitrogen and oxygen atoms in total. The number of carbonyl (C=O) groups excluding carboxylic acids is 1. The van der Waals surface area contributed by atoms with Crippen LogP contribution in [0.5, 0.6) is 11.5 Å². The van der Waals surface area contributed by atoms with Crippen LogP contribution in [0, 0.1) is 0 Å². The zero-order chi connectivity index (χ0) is 10.1. The normalized spacial score (nSPS) is 18.9. The second-order valence-corrected chi connectivity index (χ2v) is 3.04. The van der Waals surface area contributed by atoms with Gasteiger partial charge in [0.25, 0.3) is 0 Å². The number of rotatable bonds is 1. The molecule has 1 fully saturated rings. The topological polar surface area (TPSA) is 78.8 Å². The van der Waals surface area contributed by atoms with E-state index >= 15 is 0 Å². The Hall–Kier alpha value is -1.62. The van der Waals surface area contributed by atoms with Crippen molar-refractivity contribution in [2.45, 2.75) is 6.04 Å². The predicted octanol–water partition coefficient (Wildman–Crippen LogP) is 1.30. The first-order valence-electron chi connectivity index (χ1n) is 4.12. The standard InChI is InChI=1S/C9H9NO4.ClH/c11-5-1-2-6(8(12)3-5)7-4-14-9(13)10-7;/h1-3,7,11-12H,4H2,(H,10,13);1H/t7-;/m0./s1. The number of alkyl carbamates (subject to hydrolysis) is 1. The van der Waals surface area contributed by atoms with E-state index in [9.17, 15) is 9.90 Å². The number of carbonyl (C=O) groups is 1. The third-order valence-corrected chi connectivity index (χ3v) is 2.06. The van der Waals surface area contributed by atoms with Crippen molar-refractivity contribution < 1.29 is 19.7 Å². The van der Waals surface area contributed by atoms with Crippen molar-refractivity contribution in [1.29, 1.82) is 0 Å². The van der Waals surface area contributed by atoms with E-state index in [0.29, 0.717) is 5.56 Å². The number of hydrogen-bond acceptors (Lipinski definition) is 4. The third-order valence-electron chi connectivity index (χ3n) is 2.06. The third kappa shape index (κ3) is 2.24. The number of amides is 1. The summed E-state index contributed by atoms with van der Waals surface area (Å²) < 4.78 is 4.68.